The Labute approximate surface area is 129 Å². The first-order valence-electron chi connectivity index (χ1n) is 6.73. The number of aromatic nitrogens is 7. The minimum Gasteiger partial charge on any atom is -0.306 e. The van der Waals surface area contributed by atoms with E-state index in [0.717, 1.165) is 0 Å². The molecule has 0 radical (unpaired) electrons. The minimum absolute atomic E-state index is 0.292. The molecule has 0 aliphatic heterocycles. The molecule has 0 fully saturated rings. The van der Waals surface area contributed by atoms with Crippen molar-refractivity contribution in [3.8, 4) is 5.82 Å². The van der Waals surface area contributed by atoms with E-state index in [9.17, 15) is 4.79 Å². The summed E-state index contributed by atoms with van der Waals surface area (Å²) in [6, 6.07) is 8.48. The molecule has 0 atom stereocenters. The number of anilines is 1. The van der Waals surface area contributed by atoms with Crippen LogP contribution in [-0.4, -0.2) is 41.1 Å². The fourth-order valence-corrected chi connectivity index (χ4v) is 2.12. The van der Waals surface area contributed by atoms with Crippen LogP contribution < -0.4 is 5.32 Å². The fourth-order valence-electron chi connectivity index (χ4n) is 2.12. The maximum absolute atomic E-state index is 12.3. The highest BCUT2D eigenvalue weighted by molar-refractivity contribution is 6.05. The van der Waals surface area contributed by atoms with Crippen LogP contribution in [0.3, 0.4) is 0 Å². The molecule has 0 aliphatic carbocycles. The normalized spacial score (nSPS) is 10.8. The van der Waals surface area contributed by atoms with Gasteiger partial charge >= 0.3 is 0 Å². The van der Waals surface area contributed by atoms with Crippen molar-refractivity contribution >= 4 is 22.8 Å². The largest absolute Gasteiger partial charge is 0.306 e. The maximum atomic E-state index is 12.3. The lowest BCUT2D eigenvalue weighted by Crippen LogP contribution is -2.13. The molecule has 2 N–H and O–H groups in total. The van der Waals surface area contributed by atoms with Crippen LogP contribution in [0.4, 0.5) is 5.82 Å². The van der Waals surface area contributed by atoms with Crippen LogP contribution in [0.25, 0.3) is 16.9 Å². The first kappa shape index (κ1) is 13.1. The second-order valence-electron chi connectivity index (χ2n) is 4.69. The molecular weight excluding hydrogens is 296 g/mol. The van der Waals surface area contributed by atoms with E-state index in [1.807, 2.05) is 0 Å². The third kappa shape index (κ3) is 2.50. The Morgan fingerprint density at radius 2 is 2.04 bits per heavy atom. The van der Waals surface area contributed by atoms with Gasteiger partial charge in [-0.1, -0.05) is 0 Å². The van der Waals surface area contributed by atoms with E-state index in [1.165, 1.54) is 6.33 Å². The van der Waals surface area contributed by atoms with Crippen LogP contribution in [0, 0.1) is 0 Å². The Kier molecular flexibility index (Phi) is 3.01. The number of nitrogens with one attached hydrogen (secondary N) is 2. The topological polar surface area (TPSA) is 114 Å². The SMILES string of the molecule is O=C(Nc1cc(-n2cccn2)ncn1)c1ccc2n[nH]nc2c1. The van der Waals surface area contributed by atoms with E-state index in [1.54, 1.807) is 47.4 Å². The highest BCUT2D eigenvalue weighted by Crippen LogP contribution is 2.13. The highest BCUT2D eigenvalue weighted by atomic mass is 16.1. The third-order valence-corrected chi connectivity index (χ3v) is 3.21. The van der Waals surface area contributed by atoms with Crippen molar-refractivity contribution in [3.63, 3.8) is 0 Å². The molecule has 0 saturated carbocycles. The second kappa shape index (κ2) is 5.30. The summed E-state index contributed by atoms with van der Waals surface area (Å²) < 4.78 is 1.58. The van der Waals surface area contributed by atoms with Gasteiger partial charge in [0.2, 0.25) is 0 Å². The monoisotopic (exact) mass is 306 g/mol. The molecule has 0 spiro atoms. The van der Waals surface area contributed by atoms with Gasteiger partial charge in [0, 0.05) is 24.0 Å². The molecule has 112 valence electrons. The van der Waals surface area contributed by atoms with E-state index in [4.69, 9.17) is 0 Å². The molecule has 4 aromatic rings. The summed E-state index contributed by atoms with van der Waals surface area (Å²) in [7, 11) is 0. The number of hydrogen-bond donors (Lipinski definition) is 2. The number of H-pyrrole nitrogens is 1. The molecule has 4 rings (SSSR count). The number of aromatic amines is 1. The number of carbonyl (C=O) groups excluding carboxylic acids is 1. The summed E-state index contributed by atoms with van der Waals surface area (Å²) in [5.74, 6) is 0.656. The van der Waals surface area contributed by atoms with Gasteiger partial charge in [-0.05, 0) is 24.3 Å². The molecule has 0 unspecified atom stereocenters. The summed E-state index contributed by atoms with van der Waals surface area (Å²) in [5, 5.41) is 17.2. The summed E-state index contributed by atoms with van der Waals surface area (Å²) in [5.41, 5.74) is 1.78. The number of amides is 1. The van der Waals surface area contributed by atoms with E-state index in [2.05, 4.69) is 35.8 Å². The number of nitrogens with zero attached hydrogens (tertiary/aromatic N) is 6. The Morgan fingerprint density at radius 3 is 2.91 bits per heavy atom. The van der Waals surface area contributed by atoms with Crippen molar-refractivity contribution in [1.82, 2.24) is 35.2 Å². The summed E-state index contributed by atoms with van der Waals surface area (Å²) in [4.78, 5) is 20.5. The van der Waals surface area contributed by atoms with Crippen LogP contribution in [-0.2, 0) is 0 Å². The molecular formula is C14H10N8O. The van der Waals surface area contributed by atoms with Gasteiger partial charge in [0.05, 0.1) is 0 Å². The van der Waals surface area contributed by atoms with Gasteiger partial charge < -0.3 is 5.32 Å². The maximum Gasteiger partial charge on any atom is 0.256 e. The predicted molar refractivity (Wildman–Crippen MR) is 81.0 cm³/mol. The van der Waals surface area contributed by atoms with Crippen molar-refractivity contribution in [2.24, 2.45) is 0 Å². The number of rotatable bonds is 3. The Hall–Kier alpha value is -3.62. The smallest absolute Gasteiger partial charge is 0.256 e. The quantitative estimate of drug-likeness (QED) is 0.587. The van der Waals surface area contributed by atoms with E-state index in [-0.39, 0.29) is 5.91 Å². The van der Waals surface area contributed by atoms with Crippen molar-refractivity contribution < 1.29 is 4.79 Å². The molecule has 23 heavy (non-hydrogen) atoms. The standard InChI is InChI=1S/C14H10N8O/c23-14(9-2-3-10-11(6-9)20-21-19-10)18-12-7-13(16-8-15-12)22-5-1-4-17-22/h1-8H,(H,19,20,21)(H,15,16,18,23). The molecule has 0 bridgehead atoms. The van der Waals surface area contributed by atoms with E-state index in [0.29, 0.717) is 28.2 Å². The molecule has 0 aliphatic rings. The summed E-state index contributed by atoms with van der Waals surface area (Å²) in [6.07, 6.45) is 4.77. The molecule has 0 saturated heterocycles. The zero-order chi connectivity index (χ0) is 15.6. The van der Waals surface area contributed by atoms with Gasteiger partial charge in [0.25, 0.3) is 5.91 Å². The van der Waals surface area contributed by atoms with Gasteiger partial charge in [-0.15, -0.1) is 0 Å². The Morgan fingerprint density at radius 1 is 1.13 bits per heavy atom. The van der Waals surface area contributed by atoms with Gasteiger partial charge in [-0.3, -0.25) is 4.79 Å². The van der Waals surface area contributed by atoms with Crippen molar-refractivity contribution in [2.45, 2.75) is 0 Å². The molecule has 3 aromatic heterocycles. The van der Waals surface area contributed by atoms with Gasteiger partial charge in [0.15, 0.2) is 5.82 Å². The van der Waals surface area contributed by atoms with Crippen molar-refractivity contribution in [1.29, 1.82) is 0 Å². The highest BCUT2D eigenvalue weighted by Gasteiger charge is 2.10. The van der Waals surface area contributed by atoms with E-state index < -0.39 is 0 Å². The summed E-state index contributed by atoms with van der Waals surface area (Å²) >= 11 is 0. The lowest BCUT2D eigenvalue weighted by Gasteiger charge is -2.06. The molecule has 1 amide bonds. The fraction of sp³-hybridized carbons (Fsp3) is 0. The second-order valence-corrected chi connectivity index (χ2v) is 4.69. The number of fused-ring (bicyclic) bond motifs is 1. The lowest BCUT2D eigenvalue weighted by molar-refractivity contribution is 0.102. The van der Waals surface area contributed by atoms with Crippen LogP contribution in [0.5, 0.6) is 0 Å². The zero-order valence-electron chi connectivity index (χ0n) is 11.7. The van der Waals surface area contributed by atoms with E-state index >= 15 is 0 Å². The number of carbonyl (C=O) groups is 1. The van der Waals surface area contributed by atoms with Crippen LogP contribution in [0.1, 0.15) is 10.4 Å². The predicted octanol–water partition coefficient (Wildman–Crippen LogP) is 1.19. The summed E-state index contributed by atoms with van der Waals surface area (Å²) in [6.45, 7) is 0. The molecule has 9 nitrogen and oxygen atoms in total. The Bertz CT molecular complexity index is 975. The first-order chi connectivity index (χ1) is 11.3. The first-order valence-corrected chi connectivity index (χ1v) is 6.73. The average molecular weight is 306 g/mol. The number of benzene rings is 1. The van der Waals surface area contributed by atoms with Crippen LogP contribution >= 0.6 is 0 Å². The number of hydrogen-bond acceptors (Lipinski definition) is 6. The third-order valence-electron chi connectivity index (χ3n) is 3.21. The van der Waals surface area contributed by atoms with Gasteiger partial charge in [-0.25, -0.2) is 14.6 Å². The Balaban J connectivity index is 1.59. The van der Waals surface area contributed by atoms with Gasteiger partial charge in [-0.2, -0.15) is 20.5 Å². The van der Waals surface area contributed by atoms with Gasteiger partial charge in [0.1, 0.15) is 23.2 Å². The molecule has 1 aromatic carbocycles. The lowest BCUT2D eigenvalue weighted by atomic mass is 10.2. The molecule has 9 heteroatoms. The average Bonchev–Trinajstić information content (AvgIpc) is 3.26. The van der Waals surface area contributed by atoms with Crippen LogP contribution in [0.15, 0.2) is 49.1 Å². The van der Waals surface area contributed by atoms with Crippen molar-refractivity contribution in [2.75, 3.05) is 5.32 Å². The molecule has 3 heterocycles. The van der Waals surface area contributed by atoms with Crippen molar-refractivity contribution in [3.05, 3.63) is 54.6 Å². The zero-order valence-corrected chi connectivity index (χ0v) is 11.7. The van der Waals surface area contributed by atoms with Crippen LogP contribution in [0.2, 0.25) is 0 Å². The minimum atomic E-state index is -0.292.